The number of rotatable bonds is 6. The summed E-state index contributed by atoms with van der Waals surface area (Å²) in [6.07, 6.45) is 3.20. The van der Waals surface area contributed by atoms with Crippen LogP contribution in [-0.4, -0.2) is 16.2 Å². The van der Waals surface area contributed by atoms with Crippen LogP contribution in [0.3, 0.4) is 0 Å². The van der Waals surface area contributed by atoms with E-state index in [1.54, 1.807) is 0 Å². The normalized spacial score (nSPS) is 21.9. The summed E-state index contributed by atoms with van der Waals surface area (Å²) in [5.74, 6) is 1.72. The third-order valence-corrected chi connectivity index (χ3v) is 4.42. The number of hydrogen-bond acceptors (Lipinski definition) is 4. The minimum atomic E-state index is 0.185. The zero-order valence-corrected chi connectivity index (χ0v) is 14.2. The molecule has 0 aliphatic heterocycles. The van der Waals surface area contributed by atoms with Crippen LogP contribution in [0.15, 0.2) is 46.5 Å². The topological polar surface area (TPSA) is 48.2 Å². The lowest BCUT2D eigenvalue weighted by Crippen LogP contribution is -2.02. The molecule has 0 unspecified atom stereocenters. The van der Waals surface area contributed by atoms with Crippen LogP contribution in [0.2, 0.25) is 0 Å². The maximum Gasteiger partial charge on any atom is 0.252 e. The highest BCUT2D eigenvalue weighted by atomic mass is 16.5. The van der Waals surface area contributed by atoms with Crippen LogP contribution < -0.4 is 0 Å². The number of benzene rings is 1. The minimum absolute atomic E-state index is 0.185. The maximum atomic E-state index is 5.99. The number of allylic oxidation sites excluding steroid dienone is 1. The van der Waals surface area contributed by atoms with Crippen molar-refractivity contribution in [1.29, 1.82) is 0 Å². The molecule has 1 aromatic heterocycles. The molecule has 23 heavy (non-hydrogen) atoms. The van der Waals surface area contributed by atoms with Crippen LogP contribution >= 0.6 is 0 Å². The molecule has 0 saturated heterocycles. The van der Waals surface area contributed by atoms with Gasteiger partial charge in [-0.15, -0.1) is 0 Å². The van der Waals surface area contributed by atoms with Gasteiger partial charge in [-0.05, 0) is 19.4 Å². The standard InChI is InChI=1S/C19H24N2O2/c1-13(2)10-15-18(19(15,3)4)22-12-17-20-16(21-23-17)11-14-8-6-5-7-9-14/h5-10,15,18H,11-12H2,1-4H3/t15-,18-/m0/s1. The SMILES string of the molecule is CC(C)=C[C@H]1[C@H](OCc2nc(Cc3ccccc3)no2)C1(C)C. The summed E-state index contributed by atoms with van der Waals surface area (Å²) in [7, 11) is 0. The molecule has 0 radical (unpaired) electrons. The lowest BCUT2D eigenvalue weighted by molar-refractivity contribution is 0.0619. The molecule has 0 N–H and O–H groups in total. The molecule has 1 aliphatic rings. The Kier molecular flexibility index (Phi) is 4.35. The van der Waals surface area contributed by atoms with E-state index in [1.165, 1.54) is 11.1 Å². The smallest absolute Gasteiger partial charge is 0.252 e. The van der Waals surface area contributed by atoms with Crippen molar-refractivity contribution in [3.8, 4) is 0 Å². The first-order valence-electron chi connectivity index (χ1n) is 8.09. The van der Waals surface area contributed by atoms with Crippen molar-refractivity contribution in [3.63, 3.8) is 0 Å². The zero-order valence-electron chi connectivity index (χ0n) is 14.2. The Labute approximate surface area is 137 Å². The fourth-order valence-corrected chi connectivity index (χ4v) is 2.97. The minimum Gasteiger partial charge on any atom is -0.367 e. The predicted octanol–water partition coefficient (Wildman–Crippen LogP) is 4.17. The van der Waals surface area contributed by atoms with Gasteiger partial charge >= 0.3 is 0 Å². The molecule has 1 aromatic carbocycles. The molecule has 1 fully saturated rings. The Morgan fingerprint density at radius 2 is 2.00 bits per heavy atom. The van der Waals surface area contributed by atoms with Gasteiger partial charge in [0, 0.05) is 17.8 Å². The van der Waals surface area contributed by atoms with E-state index in [2.05, 4.69) is 56.0 Å². The van der Waals surface area contributed by atoms with E-state index in [0.717, 1.165) is 0 Å². The van der Waals surface area contributed by atoms with Crippen molar-refractivity contribution in [1.82, 2.24) is 10.1 Å². The van der Waals surface area contributed by atoms with Crippen molar-refractivity contribution in [2.24, 2.45) is 11.3 Å². The molecule has 2 aromatic rings. The van der Waals surface area contributed by atoms with Crippen molar-refractivity contribution in [2.45, 2.75) is 46.8 Å². The van der Waals surface area contributed by atoms with E-state index >= 15 is 0 Å². The summed E-state index contributed by atoms with van der Waals surface area (Å²) in [6, 6.07) is 10.1. The molecular weight excluding hydrogens is 288 g/mol. The highest BCUT2D eigenvalue weighted by molar-refractivity contribution is 5.19. The second-order valence-corrected chi connectivity index (χ2v) is 7.09. The maximum absolute atomic E-state index is 5.99. The van der Waals surface area contributed by atoms with Crippen molar-refractivity contribution < 1.29 is 9.26 Å². The lowest BCUT2D eigenvalue weighted by atomic mass is 10.1. The third-order valence-electron chi connectivity index (χ3n) is 4.42. The average molecular weight is 312 g/mol. The Bertz CT molecular complexity index is 684. The fourth-order valence-electron chi connectivity index (χ4n) is 2.97. The van der Waals surface area contributed by atoms with Gasteiger partial charge in [-0.1, -0.05) is 61.0 Å². The first-order valence-corrected chi connectivity index (χ1v) is 8.09. The summed E-state index contributed by atoms with van der Waals surface area (Å²) in [5.41, 5.74) is 2.69. The first-order chi connectivity index (χ1) is 11.0. The largest absolute Gasteiger partial charge is 0.367 e. The second kappa shape index (κ2) is 6.28. The highest BCUT2D eigenvalue weighted by Crippen LogP contribution is 2.55. The highest BCUT2D eigenvalue weighted by Gasteiger charge is 2.57. The molecule has 1 heterocycles. The Morgan fingerprint density at radius 1 is 1.26 bits per heavy atom. The van der Waals surface area contributed by atoms with Gasteiger partial charge in [0.25, 0.3) is 5.89 Å². The fraction of sp³-hybridized carbons (Fsp3) is 0.474. The molecular formula is C19H24N2O2. The van der Waals surface area contributed by atoms with Crippen molar-refractivity contribution >= 4 is 0 Å². The van der Waals surface area contributed by atoms with Crippen LogP contribution in [0.1, 0.15) is 45.0 Å². The number of ether oxygens (including phenoxy) is 1. The van der Waals surface area contributed by atoms with Gasteiger partial charge in [0.1, 0.15) is 6.61 Å². The molecule has 4 heteroatoms. The van der Waals surface area contributed by atoms with Gasteiger partial charge in [-0.25, -0.2) is 0 Å². The molecule has 0 spiro atoms. The van der Waals surface area contributed by atoms with Gasteiger partial charge in [0.2, 0.25) is 0 Å². The number of aromatic nitrogens is 2. The lowest BCUT2D eigenvalue weighted by Gasteiger charge is -2.01. The molecule has 0 bridgehead atoms. The van der Waals surface area contributed by atoms with Crippen LogP contribution in [0.4, 0.5) is 0 Å². The molecule has 1 saturated carbocycles. The van der Waals surface area contributed by atoms with E-state index in [-0.39, 0.29) is 11.5 Å². The average Bonchev–Trinajstić information content (AvgIpc) is 2.85. The summed E-state index contributed by atoms with van der Waals surface area (Å²) in [6.45, 7) is 9.09. The van der Waals surface area contributed by atoms with Crippen LogP contribution in [-0.2, 0) is 17.8 Å². The molecule has 0 amide bonds. The van der Waals surface area contributed by atoms with Crippen LogP contribution in [0.25, 0.3) is 0 Å². The predicted molar refractivity (Wildman–Crippen MR) is 88.8 cm³/mol. The van der Waals surface area contributed by atoms with Gasteiger partial charge < -0.3 is 9.26 Å². The van der Waals surface area contributed by atoms with Gasteiger partial charge in [-0.3, -0.25) is 0 Å². The summed E-state index contributed by atoms with van der Waals surface area (Å²) >= 11 is 0. The number of nitrogens with zero attached hydrogens (tertiary/aromatic N) is 2. The first kappa shape index (κ1) is 15.9. The van der Waals surface area contributed by atoms with Crippen molar-refractivity contribution in [2.75, 3.05) is 0 Å². The second-order valence-electron chi connectivity index (χ2n) is 7.09. The van der Waals surface area contributed by atoms with E-state index in [4.69, 9.17) is 9.26 Å². The van der Waals surface area contributed by atoms with Gasteiger partial charge in [-0.2, -0.15) is 4.98 Å². The van der Waals surface area contributed by atoms with Crippen LogP contribution in [0.5, 0.6) is 0 Å². The van der Waals surface area contributed by atoms with Crippen molar-refractivity contribution in [3.05, 3.63) is 59.3 Å². The van der Waals surface area contributed by atoms with E-state index in [9.17, 15) is 0 Å². The van der Waals surface area contributed by atoms with Gasteiger partial charge in [0.15, 0.2) is 5.82 Å². The van der Waals surface area contributed by atoms with Gasteiger partial charge in [0.05, 0.1) is 6.10 Å². The number of hydrogen-bond donors (Lipinski definition) is 0. The molecule has 4 nitrogen and oxygen atoms in total. The van der Waals surface area contributed by atoms with E-state index in [0.29, 0.717) is 30.7 Å². The molecule has 122 valence electrons. The molecule has 3 rings (SSSR count). The molecule has 1 aliphatic carbocycles. The Balaban J connectivity index is 1.55. The summed E-state index contributed by atoms with van der Waals surface area (Å²) in [4.78, 5) is 4.42. The Hall–Kier alpha value is -1.94. The van der Waals surface area contributed by atoms with E-state index < -0.39 is 0 Å². The Morgan fingerprint density at radius 3 is 2.70 bits per heavy atom. The molecule has 2 atom stereocenters. The summed E-state index contributed by atoms with van der Waals surface area (Å²) in [5, 5.41) is 4.04. The van der Waals surface area contributed by atoms with Crippen LogP contribution in [0, 0.1) is 11.3 Å². The zero-order chi connectivity index (χ0) is 16.4. The third kappa shape index (κ3) is 3.70. The van der Waals surface area contributed by atoms with E-state index in [1.807, 2.05) is 18.2 Å². The quantitative estimate of drug-likeness (QED) is 0.751. The summed E-state index contributed by atoms with van der Waals surface area (Å²) < 4.78 is 11.3. The monoisotopic (exact) mass is 312 g/mol.